The van der Waals surface area contributed by atoms with Crippen molar-refractivity contribution in [2.45, 2.75) is 25.5 Å². The molecule has 8 heteroatoms. The molecule has 2 aromatic carbocycles. The fourth-order valence-electron chi connectivity index (χ4n) is 3.01. The van der Waals surface area contributed by atoms with Gasteiger partial charge >= 0.3 is 5.97 Å². The van der Waals surface area contributed by atoms with Gasteiger partial charge in [0.1, 0.15) is 5.25 Å². The van der Waals surface area contributed by atoms with Gasteiger partial charge < -0.3 is 10.4 Å². The van der Waals surface area contributed by atoms with Crippen LogP contribution in [-0.4, -0.2) is 33.4 Å². The van der Waals surface area contributed by atoms with Crippen molar-refractivity contribution in [1.82, 2.24) is 0 Å². The molecular weight excluding hydrogens is 380 g/mol. The molecule has 2 aromatic rings. The van der Waals surface area contributed by atoms with Crippen molar-refractivity contribution in [1.29, 1.82) is 0 Å². The molecule has 0 aliphatic carbocycles. The first kappa shape index (κ1) is 19.6. The summed E-state index contributed by atoms with van der Waals surface area (Å²) in [6.45, 7) is 3.73. The van der Waals surface area contributed by atoms with Gasteiger partial charge in [-0.3, -0.25) is 14.4 Å². The zero-order chi connectivity index (χ0) is 20.4. The summed E-state index contributed by atoms with van der Waals surface area (Å²) in [4.78, 5) is 49.8. The predicted molar refractivity (Wildman–Crippen MR) is 107 cm³/mol. The highest BCUT2D eigenvalue weighted by atomic mass is 32.2. The summed E-state index contributed by atoms with van der Waals surface area (Å²) >= 11 is 0.799. The lowest BCUT2D eigenvalue weighted by Gasteiger charge is -2.17. The number of aryl methyl sites for hydroxylation is 2. The largest absolute Gasteiger partial charge is 0.478 e. The minimum absolute atomic E-state index is 0.0470. The summed E-state index contributed by atoms with van der Waals surface area (Å²) in [6, 6.07) is 11.4. The van der Waals surface area contributed by atoms with Gasteiger partial charge in [-0.1, -0.05) is 29.8 Å². The Hall–Kier alpha value is -3.13. The van der Waals surface area contributed by atoms with Crippen molar-refractivity contribution in [3.63, 3.8) is 0 Å². The fraction of sp³-hybridized carbons (Fsp3) is 0.200. The van der Waals surface area contributed by atoms with Crippen LogP contribution in [-0.2, 0) is 9.59 Å². The molecule has 3 rings (SSSR count). The third-order valence-electron chi connectivity index (χ3n) is 4.32. The number of amides is 3. The van der Waals surface area contributed by atoms with E-state index in [2.05, 4.69) is 5.32 Å². The molecule has 0 saturated carbocycles. The van der Waals surface area contributed by atoms with Crippen LogP contribution in [0, 0.1) is 13.8 Å². The molecule has 1 aliphatic heterocycles. The van der Waals surface area contributed by atoms with Crippen molar-refractivity contribution >= 4 is 46.2 Å². The smallest absolute Gasteiger partial charge is 0.337 e. The highest BCUT2D eigenvalue weighted by Gasteiger charge is 2.42. The van der Waals surface area contributed by atoms with E-state index >= 15 is 0 Å². The van der Waals surface area contributed by atoms with Crippen LogP contribution in [0.15, 0.2) is 42.5 Å². The van der Waals surface area contributed by atoms with Crippen molar-refractivity contribution in [2.24, 2.45) is 0 Å². The molecule has 7 nitrogen and oxygen atoms in total. The lowest BCUT2D eigenvalue weighted by atomic mass is 10.1. The summed E-state index contributed by atoms with van der Waals surface area (Å²) in [5, 5.41) is 10.4. The van der Waals surface area contributed by atoms with Gasteiger partial charge in [0.25, 0.3) is 5.24 Å². The molecule has 28 heavy (non-hydrogen) atoms. The highest BCUT2D eigenvalue weighted by Crippen LogP contribution is 2.35. The molecule has 144 valence electrons. The molecule has 3 amide bonds. The standard InChI is InChI=1S/C20H18N2O5S/c1-11-7-8-15(12(2)9-11)22-18(24)16(28-20(22)27)10-17(23)21-14-6-4-3-5-13(14)19(25)26/h3-9,16H,10H2,1-2H3,(H,21,23)(H,25,26). The summed E-state index contributed by atoms with van der Waals surface area (Å²) in [7, 11) is 0. The van der Waals surface area contributed by atoms with Crippen LogP contribution in [0.4, 0.5) is 16.2 Å². The number of rotatable bonds is 5. The Bertz CT molecular complexity index is 988. The number of thioether (sulfide) groups is 1. The molecular formula is C20H18N2O5S. The number of carbonyl (C=O) groups excluding carboxylic acids is 3. The van der Waals surface area contributed by atoms with E-state index in [0.29, 0.717) is 5.69 Å². The summed E-state index contributed by atoms with van der Waals surface area (Å²) in [5.41, 5.74) is 2.42. The Morgan fingerprint density at radius 2 is 1.86 bits per heavy atom. The second-order valence-electron chi connectivity index (χ2n) is 6.44. The molecule has 1 atom stereocenters. The number of nitrogens with one attached hydrogen (secondary N) is 1. The lowest BCUT2D eigenvalue weighted by molar-refractivity contribution is -0.121. The predicted octanol–water partition coefficient (Wildman–Crippen LogP) is 3.60. The number of hydrogen-bond donors (Lipinski definition) is 2. The Labute approximate surface area is 165 Å². The summed E-state index contributed by atoms with van der Waals surface area (Å²) in [5.74, 6) is -2.16. The Morgan fingerprint density at radius 1 is 1.14 bits per heavy atom. The summed E-state index contributed by atoms with van der Waals surface area (Å²) < 4.78 is 0. The van der Waals surface area contributed by atoms with Crippen LogP contribution in [0.5, 0.6) is 0 Å². The van der Waals surface area contributed by atoms with Crippen LogP contribution >= 0.6 is 11.8 Å². The van der Waals surface area contributed by atoms with Crippen LogP contribution in [0.3, 0.4) is 0 Å². The van der Waals surface area contributed by atoms with E-state index in [4.69, 9.17) is 0 Å². The Balaban J connectivity index is 1.74. The van der Waals surface area contributed by atoms with Crippen LogP contribution < -0.4 is 10.2 Å². The molecule has 2 N–H and O–H groups in total. The molecule has 1 unspecified atom stereocenters. The van der Waals surface area contributed by atoms with Gasteiger partial charge in [0, 0.05) is 6.42 Å². The summed E-state index contributed by atoms with van der Waals surface area (Å²) in [6.07, 6.45) is -0.232. The number of para-hydroxylation sites is 1. The molecule has 0 bridgehead atoms. The molecule has 1 aliphatic rings. The van der Waals surface area contributed by atoms with Crippen molar-refractivity contribution in [3.8, 4) is 0 Å². The minimum Gasteiger partial charge on any atom is -0.478 e. The van der Waals surface area contributed by atoms with Gasteiger partial charge in [-0.25, -0.2) is 9.69 Å². The van der Waals surface area contributed by atoms with Gasteiger partial charge in [0.05, 0.1) is 16.9 Å². The molecule has 1 fully saturated rings. The van der Waals surface area contributed by atoms with Gasteiger partial charge in [-0.2, -0.15) is 0 Å². The van der Waals surface area contributed by atoms with Crippen LogP contribution in [0.1, 0.15) is 27.9 Å². The van der Waals surface area contributed by atoms with Gasteiger partial charge in [0.15, 0.2) is 0 Å². The first-order valence-electron chi connectivity index (χ1n) is 8.52. The first-order valence-corrected chi connectivity index (χ1v) is 9.40. The molecule has 0 aromatic heterocycles. The molecule has 0 spiro atoms. The quantitative estimate of drug-likeness (QED) is 0.798. The van der Waals surface area contributed by atoms with Gasteiger partial charge in [0.2, 0.25) is 11.8 Å². The number of imide groups is 1. The monoisotopic (exact) mass is 398 g/mol. The van der Waals surface area contributed by atoms with E-state index in [0.717, 1.165) is 27.8 Å². The average molecular weight is 398 g/mol. The third-order valence-corrected chi connectivity index (χ3v) is 5.35. The number of carbonyl (C=O) groups is 4. The molecule has 1 saturated heterocycles. The number of benzene rings is 2. The number of carboxylic acids is 1. The number of carboxylic acid groups (broad SMARTS) is 1. The number of nitrogens with zero attached hydrogens (tertiary/aromatic N) is 1. The minimum atomic E-state index is -1.17. The zero-order valence-corrected chi connectivity index (χ0v) is 16.1. The van der Waals surface area contributed by atoms with Crippen molar-refractivity contribution in [2.75, 3.05) is 10.2 Å². The van der Waals surface area contributed by atoms with Crippen LogP contribution in [0.25, 0.3) is 0 Å². The molecule has 1 heterocycles. The second-order valence-corrected chi connectivity index (χ2v) is 7.59. The maximum absolute atomic E-state index is 12.7. The first-order chi connectivity index (χ1) is 13.3. The van der Waals surface area contributed by atoms with Crippen molar-refractivity contribution < 1.29 is 24.3 Å². The van der Waals surface area contributed by atoms with Crippen molar-refractivity contribution in [3.05, 3.63) is 59.2 Å². The Kier molecular flexibility index (Phi) is 5.51. The third kappa shape index (κ3) is 3.91. The topological polar surface area (TPSA) is 104 Å². The number of aromatic carboxylic acids is 1. The van der Waals surface area contributed by atoms with E-state index in [1.54, 1.807) is 18.2 Å². The lowest BCUT2D eigenvalue weighted by Crippen LogP contribution is -2.33. The zero-order valence-electron chi connectivity index (χ0n) is 15.3. The SMILES string of the molecule is Cc1ccc(N2C(=O)SC(CC(=O)Nc3ccccc3C(=O)O)C2=O)c(C)c1. The van der Waals surface area contributed by atoms with Crippen LogP contribution in [0.2, 0.25) is 0 Å². The van der Waals surface area contributed by atoms with E-state index in [-0.39, 0.29) is 17.7 Å². The van der Waals surface area contributed by atoms with E-state index < -0.39 is 28.3 Å². The highest BCUT2D eigenvalue weighted by molar-refractivity contribution is 8.15. The molecule has 0 radical (unpaired) electrons. The number of anilines is 2. The fourth-order valence-corrected chi connectivity index (χ4v) is 3.99. The van der Waals surface area contributed by atoms with E-state index in [1.807, 2.05) is 26.0 Å². The normalized spacial score (nSPS) is 16.4. The van der Waals surface area contributed by atoms with Gasteiger partial charge in [-0.15, -0.1) is 0 Å². The van der Waals surface area contributed by atoms with E-state index in [1.165, 1.54) is 12.1 Å². The maximum Gasteiger partial charge on any atom is 0.337 e. The number of hydrogen-bond acceptors (Lipinski definition) is 5. The Morgan fingerprint density at radius 3 is 2.54 bits per heavy atom. The average Bonchev–Trinajstić information content (AvgIpc) is 2.89. The maximum atomic E-state index is 12.7. The van der Waals surface area contributed by atoms with E-state index in [9.17, 15) is 24.3 Å². The van der Waals surface area contributed by atoms with Gasteiger partial charge in [-0.05, 0) is 49.4 Å². The second kappa shape index (κ2) is 7.85.